The van der Waals surface area contributed by atoms with Gasteiger partial charge in [0.05, 0.1) is 10.5 Å². The number of ether oxygens (including phenoxy) is 2. The molecule has 8 nitrogen and oxygen atoms in total. The van der Waals surface area contributed by atoms with E-state index in [1.54, 1.807) is 15.9 Å². The summed E-state index contributed by atoms with van der Waals surface area (Å²) in [6.07, 6.45) is -3.93. The minimum absolute atomic E-state index is 0.0981. The Kier molecular flexibility index (Phi) is 6.05. The van der Waals surface area contributed by atoms with Gasteiger partial charge < -0.3 is 19.3 Å². The largest absolute Gasteiger partial charge is 0.483 e. The molecular weight excluding hydrogens is 455 g/mol. The number of nitro groups is 1. The molecule has 0 N–H and O–H groups in total. The van der Waals surface area contributed by atoms with Gasteiger partial charge in [-0.15, -0.1) is 0 Å². The van der Waals surface area contributed by atoms with Crippen molar-refractivity contribution >= 4 is 17.3 Å². The molecule has 4 rings (SSSR count). The van der Waals surface area contributed by atoms with Crippen LogP contribution in [0.25, 0.3) is 0 Å². The van der Waals surface area contributed by atoms with Crippen LogP contribution in [0.3, 0.4) is 0 Å². The van der Waals surface area contributed by atoms with Gasteiger partial charge in [-0.2, -0.15) is 13.2 Å². The van der Waals surface area contributed by atoms with E-state index >= 15 is 0 Å². The maximum absolute atomic E-state index is 13.0. The fourth-order valence-electron chi connectivity index (χ4n) is 4.24. The summed E-state index contributed by atoms with van der Waals surface area (Å²) in [5.74, 6) is 0.881. The minimum atomic E-state index is -4.67. The van der Waals surface area contributed by atoms with Crippen LogP contribution >= 0.6 is 0 Å². The summed E-state index contributed by atoms with van der Waals surface area (Å²) >= 11 is 0. The Morgan fingerprint density at radius 1 is 1.18 bits per heavy atom. The molecule has 2 aliphatic heterocycles. The van der Waals surface area contributed by atoms with E-state index in [1.807, 2.05) is 26.0 Å². The number of nitro benzene ring substituents is 1. The number of carbonyl (C=O) groups excluding carboxylic acids is 1. The van der Waals surface area contributed by atoms with E-state index < -0.39 is 22.4 Å². The Balaban J connectivity index is 1.37. The van der Waals surface area contributed by atoms with E-state index in [0.29, 0.717) is 17.6 Å². The van der Waals surface area contributed by atoms with Gasteiger partial charge in [0.2, 0.25) is 0 Å². The van der Waals surface area contributed by atoms with Gasteiger partial charge in [-0.3, -0.25) is 14.9 Å². The van der Waals surface area contributed by atoms with Crippen LogP contribution in [0, 0.1) is 10.1 Å². The molecule has 0 aromatic heterocycles. The third kappa shape index (κ3) is 4.87. The number of para-hydroxylation sites is 1. The highest BCUT2D eigenvalue weighted by Gasteiger charge is 2.35. The molecule has 11 heteroatoms. The van der Waals surface area contributed by atoms with E-state index in [2.05, 4.69) is 0 Å². The number of amides is 1. The maximum Gasteiger partial charge on any atom is 0.416 e. The van der Waals surface area contributed by atoms with Crippen molar-refractivity contribution in [1.29, 1.82) is 0 Å². The summed E-state index contributed by atoms with van der Waals surface area (Å²) in [4.78, 5) is 26.4. The zero-order chi connectivity index (χ0) is 24.7. The molecule has 1 fully saturated rings. The van der Waals surface area contributed by atoms with Gasteiger partial charge >= 0.3 is 6.18 Å². The topological polar surface area (TPSA) is 85.2 Å². The molecule has 2 aromatic carbocycles. The van der Waals surface area contributed by atoms with Crippen LogP contribution in [0.1, 0.15) is 25.0 Å². The Morgan fingerprint density at radius 2 is 1.88 bits per heavy atom. The number of alkyl halides is 3. The molecule has 0 saturated carbocycles. The van der Waals surface area contributed by atoms with Crippen molar-refractivity contribution in [1.82, 2.24) is 4.90 Å². The van der Waals surface area contributed by atoms with Crippen LogP contribution in [-0.2, 0) is 17.4 Å². The first kappa shape index (κ1) is 23.7. The average Bonchev–Trinajstić information content (AvgIpc) is 3.11. The maximum atomic E-state index is 13.0. The normalized spacial score (nSPS) is 17.2. The highest BCUT2D eigenvalue weighted by atomic mass is 19.4. The van der Waals surface area contributed by atoms with E-state index in [0.717, 1.165) is 24.1 Å². The minimum Gasteiger partial charge on any atom is -0.483 e. The van der Waals surface area contributed by atoms with Crippen molar-refractivity contribution in [3.05, 3.63) is 57.6 Å². The first-order chi connectivity index (χ1) is 15.9. The summed E-state index contributed by atoms with van der Waals surface area (Å²) in [5, 5.41) is 11.4. The SMILES string of the molecule is CC1(C)Cc2cccc(OCC(=O)N3CCN(c4ccc(C(F)(F)F)cc4[N+](=O)[O-])CC3)c2O1. The predicted molar refractivity (Wildman–Crippen MR) is 117 cm³/mol. The van der Waals surface area contributed by atoms with Gasteiger partial charge in [-0.1, -0.05) is 12.1 Å². The monoisotopic (exact) mass is 479 g/mol. The quantitative estimate of drug-likeness (QED) is 0.475. The molecule has 1 amide bonds. The van der Waals surface area contributed by atoms with Gasteiger partial charge in [0.15, 0.2) is 18.1 Å². The summed E-state index contributed by atoms with van der Waals surface area (Å²) in [5.41, 5.74) is -0.918. The molecule has 0 spiro atoms. The number of piperazine rings is 1. The van der Waals surface area contributed by atoms with Gasteiger partial charge in [0.25, 0.3) is 11.6 Å². The van der Waals surface area contributed by atoms with Crippen LogP contribution in [0.2, 0.25) is 0 Å². The Labute approximate surface area is 194 Å². The zero-order valence-corrected chi connectivity index (χ0v) is 18.7. The lowest BCUT2D eigenvalue weighted by Crippen LogP contribution is -2.50. The van der Waals surface area contributed by atoms with E-state index in [-0.39, 0.29) is 50.0 Å². The molecule has 2 aliphatic rings. The highest BCUT2D eigenvalue weighted by Crippen LogP contribution is 2.42. The number of halogens is 3. The second-order valence-corrected chi connectivity index (χ2v) is 8.90. The number of hydrogen-bond acceptors (Lipinski definition) is 6. The molecule has 0 aliphatic carbocycles. The van der Waals surface area contributed by atoms with Gasteiger partial charge in [0.1, 0.15) is 11.3 Å². The number of fused-ring (bicyclic) bond motifs is 1. The third-order valence-electron chi connectivity index (χ3n) is 5.88. The van der Waals surface area contributed by atoms with Crippen molar-refractivity contribution in [2.24, 2.45) is 0 Å². The zero-order valence-electron chi connectivity index (χ0n) is 18.7. The predicted octanol–water partition coefficient (Wildman–Crippen LogP) is 4.05. The Bertz CT molecular complexity index is 1110. The van der Waals surface area contributed by atoms with Crippen LogP contribution in [0.5, 0.6) is 11.5 Å². The van der Waals surface area contributed by atoms with E-state index in [4.69, 9.17) is 9.47 Å². The van der Waals surface area contributed by atoms with Crippen LogP contribution in [0.15, 0.2) is 36.4 Å². The first-order valence-electron chi connectivity index (χ1n) is 10.8. The summed E-state index contributed by atoms with van der Waals surface area (Å²) in [6.45, 7) is 4.77. The van der Waals surface area contributed by atoms with Crippen molar-refractivity contribution in [2.45, 2.75) is 32.0 Å². The van der Waals surface area contributed by atoms with Crippen molar-refractivity contribution in [3.63, 3.8) is 0 Å². The lowest BCUT2D eigenvalue weighted by atomic mass is 10.0. The van der Waals surface area contributed by atoms with Crippen molar-refractivity contribution in [2.75, 3.05) is 37.7 Å². The summed E-state index contributed by atoms with van der Waals surface area (Å²) < 4.78 is 50.5. The molecule has 0 bridgehead atoms. The lowest BCUT2D eigenvalue weighted by molar-refractivity contribution is -0.384. The van der Waals surface area contributed by atoms with Crippen LogP contribution in [0.4, 0.5) is 24.5 Å². The average molecular weight is 479 g/mol. The number of rotatable bonds is 5. The number of hydrogen-bond donors (Lipinski definition) is 0. The fraction of sp³-hybridized carbons (Fsp3) is 0.435. The molecule has 0 unspecified atom stereocenters. The van der Waals surface area contributed by atoms with Crippen molar-refractivity contribution < 1.29 is 32.4 Å². The summed E-state index contributed by atoms with van der Waals surface area (Å²) in [6, 6.07) is 8.03. The standard InChI is InChI=1S/C23H24F3N3O5/c1-22(2)13-15-4-3-5-19(21(15)34-22)33-14-20(30)28-10-8-27(9-11-28)17-7-6-16(23(24,25)26)12-18(17)29(31)32/h3-7,12H,8-11,13-14H2,1-2H3. The molecule has 0 atom stereocenters. The Morgan fingerprint density at radius 3 is 2.53 bits per heavy atom. The molecule has 2 heterocycles. The molecule has 34 heavy (non-hydrogen) atoms. The molecule has 182 valence electrons. The van der Waals surface area contributed by atoms with Crippen LogP contribution in [-0.4, -0.2) is 54.1 Å². The van der Waals surface area contributed by atoms with Gasteiger partial charge in [-0.25, -0.2) is 0 Å². The molecule has 0 radical (unpaired) electrons. The second kappa shape index (κ2) is 8.69. The van der Waals surface area contributed by atoms with E-state index in [9.17, 15) is 28.1 Å². The Hall–Kier alpha value is -3.50. The lowest BCUT2D eigenvalue weighted by Gasteiger charge is -2.35. The van der Waals surface area contributed by atoms with Crippen molar-refractivity contribution in [3.8, 4) is 11.5 Å². The van der Waals surface area contributed by atoms with E-state index in [1.165, 1.54) is 0 Å². The number of carbonyl (C=O) groups is 1. The highest BCUT2D eigenvalue weighted by molar-refractivity contribution is 5.78. The number of benzene rings is 2. The summed E-state index contributed by atoms with van der Waals surface area (Å²) in [7, 11) is 0. The second-order valence-electron chi connectivity index (χ2n) is 8.90. The number of nitrogens with zero attached hydrogens (tertiary/aromatic N) is 3. The molecule has 1 saturated heterocycles. The molecular formula is C23H24F3N3O5. The first-order valence-corrected chi connectivity index (χ1v) is 10.8. The van der Waals surface area contributed by atoms with Gasteiger partial charge in [-0.05, 0) is 32.0 Å². The van der Waals surface area contributed by atoms with Gasteiger partial charge in [0, 0.05) is 44.2 Å². The molecule has 2 aromatic rings. The third-order valence-corrected chi connectivity index (χ3v) is 5.88. The fourth-order valence-corrected chi connectivity index (χ4v) is 4.24. The van der Waals surface area contributed by atoms with Crippen LogP contribution < -0.4 is 14.4 Å². The number of anilines is 1. The smallest absolute Gasteiger partial charge is 0.416 e.